The van der Waals surface area contributed by atoms with E-state index >= 15 is 0 Å². The summed E-state index contributed by atoms with van der Waals surface area (Å²) in [6.07, 6.45) is 3.68. The van der Waals surface area contributed by atoms with E-state index in [0.29, 0.717) is 17.1 Å². The number of methoxy groups -OCH3 is 1. The van der Waals surface area contributed by atoms with E-state index in [1.165, 1.54) is 19.2 Å². The molecule has 0 aliphatic carbocycles. The SMILES string of the molecule is COc1cc([NH+]([O-])O)cc2c1OC1(C=C2)N(CC(N)=O)c2ccccc2C1(C)C. The lowest BCUT2D eigenvalue weighted by molar-refractivity contribution is -0.991. The summed E-state index contributed by atoms with van der Waals surface area (Å²) in [5, 5.41) is 19.8. The molecule has 152 valence electrons. The summed E-state index contributed by atoms with van der Waals surface area (Å²) < 4.78 is 12.0. The molecule has 0 aromatic heterocycles. The van der Waals surface area contributed by atoms with E-state index in [1.54, 1.807) is 0 Å². The number of fused-ring (bicyclic) bond motifs is 2. The van der Waals surface area contributed by atoms with Gasteiger partial charge in [-0.15, -0.1) is 0 Å². The maximum Gasteiger partial charge on any atom is 0.237 e. The second-order valence-corrected chi connectivity index (χ2v) is 7.73. The Morgan fingerprint density at radius 1 is 1.34 bits per heavy atom. The van der Waals surface area contributed by atoms with E-state index in [-0.39, 0.29) is 12.2 Å². The number of nitrogens with one attached hydrogen (secondary N) is 1. The molecule has 0 saturated carbocycles. The number of para-hydroxylation sites is 1. The number of carbonyl (C=O) groups is 1. The molecule has 8 nitrogen and oxygen atoms in total. The Morgan fingerprint density at radius 3 is 2.72 bits per heavy atom. The first kappa shape index (κ1) is 19.3. The molecule has 2 heterocycles. The molecule has 0 radical (unpaired) electrons. The van der Waals surface area contributed by atoms with Crippen molar-refractivity contribution < 1.29 is 24.7 Å². The smallest absolute Gasteiger partial charge is 0.237 e. The highest BCUT2D eigenvalue weighted by Gasteiger charge is 2.59. The van der Waals surface area contributed by atoms with Crippen LogP contribution in [0.15, 0.2) is 42.5 Å². The third kappa shape index (κ3) is 2.68. The maximum atomic E-state index is 11.9. The van der Waals surface area contributed by atoms with Crippen LogP contribution in [-0.2, 0) is 10.2 Å². The minimum atomic E-state index is -1.05. The highest BCUT2D eigenvalue weighted by molar-refractivity contribution is 5.84. The number of primary amides is 1. The predicted molar refractivity (Wildman–Crippen MR) is 107 cm³/mol. The second-order valence-electron chi connectivity index (χ2n) is 7.73. The first-order chi connectivity index (χ1) is 13.7. The number of hydrogen-bond donors (Lipinski definition) is 3. The zero-order valence-electron chi connectivity index (χ0n) is 16.4. The van der Waals surface area contributed by atoms with Crippen LogP contribution in [-0.4, -0.2) is 30.5 Å². The Labute approximate surface area is 168 Å². The van der Waals surface area contributed by atoms with Crippen molar-refractivity contribution in [2.45, 2.75) is 25.0 Å². The van der Waals surface area contributed by atoms with Crippen LogP contribution in [0.25, 0.3) is 6.08 Å². The van der Waals surface area contributed by atoms with Crippen LogP contribution in [0.2, 0.25) is 0 Å². The van der Waals surface area contributed by atoms with Crippen LogP contribution >= 0.6 is 0 Å². The van der Waals surface area contributed by atoms with Gasteiger partial charge in [0.2, 0.25) is 11.6 Å². The third-order valence-corrected chi connectivity index (χ3v) is 5.78. The van der Waals surface area contributed by atoms with Gasteiger partial charge in [-0.2, -0.15) is 5.23 Å². The molecule has 0 bridgehead atoms. The number of benzene rings is 2. The van der Waals surface area contributed by atoms with Gasteiger partial charge in [0.15, 0.2) is 17.2 Å². The van der Waals surface area contributed by atoms with Crippen LogP contribution in [0, 0.1) is 5.21 Å². The molecule has 29 heavy (non-hydrogen) atoms. The zero-order valence-corrected chi connectivity index (χ0v) is 16.4. The normalized spacial score (nSPS) is 22.0. The van der Waals surface area contributed by atoms with Crippen molar-refractivity contribution in [3.63, 3.8) is 0 Å². The van der Waals surface area contributed by atoms with Crippen LogP contribution in [0.1, 0.15) is 25.0 Å². The summed E-state index contributed by atoms with van der Waals surface area (Å²) in [5.74, 6) is 0.262. The number of hydrogen-bond acceptors (Lipinski definition) is 6. The summed E-state index contributed by atoms with van der Waals surface area (Å²) in [6.45, 7) is 4.05. The van der Waals surface area contributed by atoms with Crippen molar-refractivity contribution >= 4 is 23.4 Å². The van der Waals surface area contributed by atoms with Gasteiger partial charge in [-0.05, 0) is 37.6 Å². The molecular formula is C21H23N3O5. The Balaban J connectivity index is 1.91. The molecule has 2 aliphatic heterocycles. The summed E-state index contributed by atoms with van der Waals surface area (Å²) in [4.78, 5) is 13.8. The van der Waals surface area contributed by atoms with Gasteiger partial charge in [-0.25, -0.2) is 5.21 Å². The Morgan fingerprint density at radius 2 is 2.07 bits per heavy atom. The molecular weight excluding hydrogens is 374 g/mol. The Bertz CT molecular complexity index is 1020. The maximum absolute atomic E-state index is 11.9. The van der Waals surface area contributed by atoms with Gasteiger partial charge in [0.25, 0.3) is 0 Å². The fraction of sp³-hybridized carbons (Fsp3) is 0.286. The molecule has 2 atom stereocenters. The molecule has 0 fully saturated rings. The topological polar surface area (TPSA) is 113 Å². The first-order valence-corrected chi connectivity index (χ1v) is 9.20. The molecule has 0 saturated heterocycles. The lowest BCUT2D eigenvalue weighted by Crippen LogP contribution is -2.99. The van der Waals surface area contributed by atoms with Crippen LogP contribution < -0.4 is 25.3 Å². The minimum absolute atomic E-state index is 0.0321. The second kappa shape index (κ2) is 6.48. The van der Waals surface area contributed by atoms with Gasteiger partial charge in [-0.1, -0.05) is 18.2 Å². The van der Waals surface area contributed by atoms with Gasteiger partial charge in [-0.3, -0.25) is 4.79 Å². The number of anilines is 1. The summed E-state index contributed by atoms with van der Waals surface area (Å²) >= 11 is 0. The van der Waals surface area contributed by atoms with Gasteiger partial charge >= 0.3 is 0 Å². The van der Waals surface area contributed by atoms with E-state index < -0.39 is 22.3 Å². The van der Waals surface area contributed by atoms with Crippen molar-refractivity contribution in [1.29, 1.82) is 0 Å². The molecule has 2 aromatic carbocycles. The van der Waals surface area contributed by atoms with Gasteiger partial charge in [0, 0.05) is 23.4 Å². The van der Waals surface area contributed by atoms with Gasteiger partial charge < -0.3 is 25.3 Å². The number of rotatable bonds is 4. The van der Waals surface area contributed by atoms with Crippen LogP contribution in [0.3, 0.4) is 0 Å². The number of amides is 1. The van der Waals surface area contributed by atoms with Crippen LogP contribution in [0.5, 0.6) is 11.5 Å². The van der Waals surface area contributed by atoms with Gasteiger partial charge in [0.05, 0.1) is 12.5 Å². The average molecular weight is 397 g/mol. The largest absolute Gasteiger partial charge is 0.595 e. The van der Waals surface area contributed by atoms with E-state index in [9.17, 15) is 15.2 Å². The van der Waals surface area contributed by atoms with Gasteiger partial charge in [0.1, 0.15) is 6.54 Å². The van der Waals surface area contributed by atoms with Crippen LogP contribution in [0.4, 0.5) is 11.4 Å². The zero-order chi connectivity index (χ0) is 21.0. The highest BCUT2D eigenvalue weighted by atomic mass is 16.8. The fourth-order valence-corrected chi connectivity index (χ4v) is 4.31. The molecule has 2 unspecified atom stereocenters. The van der Waals surface area contributed by atoms with E-state index in [0.717, 1.165) is 11.3 Å². The highest BCUT2D eigenvalue weighted by Crippen LogP contribution is 2.56. The number of ether oxygens (including phenoxy) is 2. The summed E-state index contributed by atoms with van der Waals surface area (Å²) in [5.41, 5.74) is 6.58. The number of carbonyl (C=O) groups excluding carboxylic acids is 1. The number of nitrogens with zero attached hydrogens (tertiary/aromatic N) is 1. The van der Waals surface area contributed by atoms with Crippen molar-refractivity contribution in [1.82, 2.24) is 0 Å². The van der Waals surface area contributed by atoms with Crippen molar-refractivity contribution in [3.05, 3.63) is 58.8 Å². The number of quaternary nitrogens is 1. The fourth-order valence-electron chi connectivity index (χ4n) is 4.31. The molecule has 1 spiro atoms. The standard InChI is InChI=1S/C21H23N3O5/c1-20(2)15-6-4-5-7-16(15)23(12-18(22)25)21(20)9-8-13-10-14(24(26)27)11-17(28-3)19(13)29-21/h4-11,24,26H,12H2,1-3H3,(H2,22,25). The Kier molecular flexibility index (Phi) is 4.30. The number of nitrogens with two attached hydrogens (primary N) is 1. The lowest BCUT2D eigenvalue weighted by Gasteiger charge is -2.47. The predicted octanol–water partition coefficient (Wildman–Crippen LogP) is 1.48. The summed E-state index contributed by atoms with van der Waals surface area (Å²) in [7, 11) is 1.46. The molecule has 8 heteroatoms. The summed E-state index contributed by atoms with van der Waals surface area (Å²) in [6, 6.07) is 10.8. The molecule has 4 rings (SSSR count). The molecule has 2 aliphatic rings. The van der Waals surface area contributed by atoms with Crippen molar-refractivity contribution in [2.24, 2.45) is 5.73 Å². The Hall–Kier alpha value is -3.07. The third-order valence-electron chi connectivity index (χ3n) is 5.78. The average Bonchev–Trinajstić information content (AvgIpc) is 2.86. The molecule has 1 amide bonds. The van der Waals surface area contributed by atoms with Crippen molar-refractivity contribution in [2.75, 3.05) is 18.6 Å². The first-order valence-electron chi connectivity index (χ1n) is 9.20. The lowest BCUT2D eigenvalue weighted by atomic mass is 9.76. The minimum Gasteiger partial charge on any atom is -0.595 e. The van der Waals surface area contributed by atoms with E-state index in [2.05, 4.69) is 0 Å². The quantitative estimate of drug-likeness (QED) is 0.674. The van der Waals surface area contributed by atoms with E-state index in [1.807, 2.05) is 55.2 Å². The van der Waals surface area contributed by atoms with E-state index in [4.69, 9.17) is 15.2 Å². The molecule has 4 N–H and O–H groups in total. The van der Waals surface area contributed by atoms with Crippen molar-refractivity contribution in [3.8, 4) is 11.5 Å². The molecule has 2 aromatic rings. The monoisotopic (exact) mass is 397 g/mol.